The Morgan fingerprint density at radius 1 is 0.760 bits per heavy atom. The van der Waals surface area contributed by atoms with Crippen molar-refractivity contribution in [3.63, 3.8) is 0 Å². The normalized spacial score (nSPS) is 13.5. The number of hydrogen-bond acceptors (Lipinski definition) is 2. The van der Waals surface area contributed by atoms with Crippen LogP contribution in [0.25, 0.3) is 0 Å². The van der Waals surface area contributed by atoms with Crippen LogP contribution in [0.15, 0.2) is 0 Å². The molecule has 0 rings (SSSR count). The zero-order valence-corrected chi connectivity index (χ0v) is 19.9. The summed E-state index contributed by atoms with van der Waals surface area (Å²) in [5.41, 5.74) is -0.711. The van der Waals surface area contributed by atoms with Gasteiger partial charge in [-0.3, -0.25) is 9.69 Å². The maximum atomic E-state index is 11.4. The van der Waals surface area contributed by atoms with Gasteiger partial charge in [0.2, 0.25) is 0 Å². The zero-order valence-electron chi connectivity index (χ0n) is 17.9. The van der Waals surface area contributed by atoms with E-state index in [-0.39, 0.29) is 29.6 Å². The summed E-state index contributed by atoms with van der Waals surface area (Å²) in [6, 6.07) is 0. The number of aliphatic carboxylic acids is 1. The van der Waals surface area contributed by atoms with Gasteiger partial charge in [0, 0.05) is 29.6 Å². The predicted molar refractivity (Wildman–Crippen MR) is 110 cm³/mol. The summed E-state index contributed by atoms with van der Waals surface area (Å²) in [5.74, 6) is -0.706. The average Bonchev–Trinajstić information content (AvgIpc) is 2.54. The molecule has 0 bridgehead atoms. The van der Waals surface area contributed by atoms with Gasteiger partial charge in [-0.15, -0.1) is 0 Å². The topological polar surface area (TPSA) is 40.5 Å². The van der Waals surface area contributed by atoms with Crippen LogP contribution in [0.1, 0.15) is 110 Å². The van der Waals surface area contributed by atoms with Crippen LogP contribution in [0.2, 0.25) is 0 Å². The monoisotopic (exact) mass is 364 g/mol. The molecule has 0 aliphatic carbocycles. The molecule has 0 heterocycles. The summed E-state index contributed by atoms with van der Waals surface area (Å²) < 4.78 is 0. The number of likely N-dealkylation sites (N-methyl/N-ethyl adjacent to an activating group) is 1. The molecule has 0 aliphatic heterocycles. The van der Waals surface area contributed by atoms with Gasteiger partial charge in [0.1, 0.15) is 5.54 Å². The smallest absolute Gasteiger partial charge is 0.323 e. The minimum atomic E-state index is -0.711. The van der Waals surface area contributed by atoms with Gasteiger partial charge in [-0.2, -0.15) is 0 Å². The predicted octanol–water partition coefficient (Wildman–Crippen LogP) is 5.88. The Hall–Kier alpha value is 0.430. The molecule has 0 aromatic carbocycles. The number of unbranched alkanes of at least 4 members (excludes halogenated alkanes) is 13. The number of carboxylic acids is 1. The van der Waals surface area contributed by atoms with E-state index in [4.69, 9.17) is 0 Å². The standard InChI is InChI=1S/C21H43NO2.Na/c1-5-6-7-8-9-10-11-12-13-14-15-16-17-18-19-21(2,20(23)24)22(3)4;/h5-19H2,1-4H3,(H,23,24);. The second-order valence-electron chi connectivity index (χ2n) is 7.82. The Morgan fingerprint density at radius 3 is 1.36 bits per heavy atom. The van der Waals surface area contributed by atoms with E-state index < -0.39 is 11.5 Å². The van der Waals surface area contributed by atoms with Crippen molar-refractivity contribution in [1.29, 1.82) is 0 Å². The van der Waals surface area contributed by atoms with Crippen molar-refractivity contribution in [3.8, 4) is 0 Å². The zero-order chi connectivity index (χ0) is 18.3. The van der Waals surface area contributed by atoms with Gasteiger partial charge >= 0.3 is 5.97 Å². The molecular formula is C21H43NNaO2. The minimum Gasteiger partial charge on any atom is -0.480 e. The van der Waals surface area contributed by atoms with E-state index in [1.165, 1.54) is 77.0 Å². The molecule has 0 amide bonds. The molecule has 1 radical (unpaired) electrons. The summed E-state index contributed by atoms with van der Waals surface area (Å²) in [6.07, 6.45) is 19.4. The van der Waals surface area contributed by atoms with Crippen LogP contribution >= 0.6 is 0 Å². The van der Waals surface area contributed by atoms with Gasteiger partial charge in [-0.05, 0) is 27.4 Å². The van der Waals surface area contributed by atoms with Crippen LogP contribution < -0.4 is 0 Å². The van der Waals surface area contributed by atoms with Crippen molar-refractivity contribution >= 4 is 35.5 Å². The van der Waals surface area contributed by atoms with Crippen LogP contribution in [0.4, 0.5) is 0 Å². The van der Waals surface area contributed by atoms with Crippen LogP contribution in [-0.2, 0) is 4.79 Å². The van der Waals surface area contributed by atoms with Gasteiger partial charge in [0.25, 0.3) is 0 Å². The fraction of sp³-hybridized carbons (Fsp3) is 0.952. The largest absolute Gasteiger partial charge is 0.480 e. The molecule has 0 saturated heterocycles. The Balaban J connectivity index is 0. The molecule has 0 fully saturated rings. The molecule has 1 N–H and O–H groups in total. The van der Waals surface area contributed by atoms with E-state index >= 15 is 0 Å². The van der Waals surface area contributed by atoms with E-state index in [0.717, 1.165) is 19.3 Å². The molecule has 0 aliphatic rings. The van der Waals surface area contributed by atoms with Crippen LogP contribution in [0.3, 0.4) is 0 Å². The molecular weight excluding hydrogens is 321 g/mol. The molecule has 1 unspecified atom stereocenters. The van der Waals surface area contributed by atoms with E-state index in [1.807, 2.05) is 25.9 Å². The fourth-order valence-corrected chi connectivity index (χ4v) is 3.19. The van der Waals surface area contributed by atoms with Crippen molar-refractivity contribution in [2.24, 2.45) is 0 Å². The first-order valence-electron chi connectivity index (χ1n) is 10.4. The van der Waals surface area contributed by atoms with Gasteiger partial charge in [-0.25, -0.2) is 0 Å². The second-order valence-corrected chi connectivity index (χ2v) is 7.82. The maximum absolute atomic E-state index is 11.4. The molecule has 1 atom stereocenters. The molecule has 145 valence electrons. The maximum Gasteiger partial charge on any atom is 0.323 e. The summed E-state index contributed by atoms with van der Waals surface area (Å²) in [4.78, 5) is 13.2. The number of nitrogens with zero attached hydrogens (tertiary/aromatic N) is 1. The quantitative estimate of drug-likeness (QED) is 0.259. The summed E-state index contributed by atoms with van der Waals surface area (Å²) in [5, 5.41) is 9.37. The molecule has 4 heteroatoms. The molecule has 25 heavy (non-hydrogen) atoms. The fourth-order valence-electron chi connectivity index (χ4n) is 3.19. The molecule has 0 saturated carbocycles. The van der Waals surface area contributed by atoms with Gasteiger partial charge in [0.15, 0.2) is 0 Å². The SMILES string of the molecule is CCCCCCCCCCCCCCCCC(C)(C(=O)O)N(C)C.[Na]. The molecule has 0 spiro atoms. The Kier molecular flexibility index (Phi) is 19.7. The van der Waals surface area contributed by atoms with Crippen molar-refractivity contribution < 1.29 is 9.90 Å². The van der Waals surface area contributed by atoms with Gasteiger partial charge < -0.3 is 5.11 Å². The Morgan fingerprint density at radius 2 is 1.08 bits per heavy atom. The minimum absolute atomic E-state index is 0. The summed E-state index contributed by atoms with van der Waals surface area (Å²) >= 11 is 0. The third-order valence-corrected chi connectivity index (χ3v) is 5.46. The third-order valence-electron chi connectivity index (χ3n) is 5.46. The summed E-state index contributed by atoms with van der Waals surface area (Å²) in [7, 11) is 3.72. The molecule has 0 aromatic heterocycles. The van der Waals surface area contributed by atoms with Gasteiger partial charge in [-0.1, -0.05) is 96.8 Å². The average molecular weight is 365 g/mol. The third kappa shape index (κ3) is 14.2. The molecule has 3 nitrogen and oxygen atoms in total. The van der Waals surface area contributed by atoms with E-state index in [9.17, 15) is 9.90 Å². The number of carboxylic acid groups (broad SMARTS) is 1. The van der Waals surface area contributed by atoms with E-state index in [0.29, 0.717) is 0 Å². The van der Waals surface area contributed by atoms with Crippen molar-refractivity contribution in [1.82, 2.24) is 4.90 Å². The van der Waals surface area contributed by atoms with Crippen molar-refractivity contribution in [2.45, 2.75) is 116 Å². The first kappa shape index (κ1) is 27.6. The van der Waals surface area contributed by atoms with Crippen LogP contribution in [-0.4, -0.2) is 65.2 Å². The molecule has 0 aromatic rings. The van der Waals surface area contributed by atoms with Crippen molar-refractivity contribution in [2.75, 3.05) is 14.1 Å². The Bertz CT molecular complexity index is 310. The van der Waals surface area contributed by atoms with Crippen LogP contribution in [0, 0.1) is 0 Å². The number of hydrogen-bond donors (Lipinski definition) is 1. The van der Waals surface area contributed by atoms with Crippen molar-refractivity contribution in [3.05, 3.63) is 0 Å². The van der Waals surface area contributed by atoms with Crippen LogP contribution in [0.5, 0.6) is 0 Å². The second kappa shape index (κ2) is 17.8. The van der Waals surface area contributed by atoms with E-state index in [2.05, 4.69) is 6.92 Å². The number of rotatable bonds is 17. The van der Waals surface area contributed by atoms with Gasteiger partial charge in [0.05, 0.1) is 0 Å². The summed E-state index contributed by atoms with van der Waals surface area (Å²) in [6.45, 7) is 4.10. The number of carbonyl (C=O) groups is 1. The van der Waals surface area contributed by atoms with E-state index in [1.54, 1.807) is 0 Å². The first-order valence-corrected chi connectivity index (χ1v) is 10.4. The first-order chi connectivity index (χ1) is 11.4. The Labute approximate surface area is 179 Å².